The molecular formula is C22H18N4O3S2. The molecule has 9 heteroatoms. The Morgan fingerprint density at radius 1 is 1.06 bits per heavy atom. The molecule has 1 aliphatic rings. The van der Waals surface area contributed by atoms with Crippen LogP contribution < -0.4 is 10.5 Å². The van der Waals surface area contributed by atoms with Crippen LogP contribution in [0.1, 0.15) is 10.4 Å². The molecular weight excluding hydrogens is 432 g/mol. The number of phenols is 1. The van der Waals surface area contributed by atoms with Crippen molar-refractivity contribution in [3.8, 4) is 27.4 Å². The lowest BCUT2D eigenvalue weighted by Gasteiger charge is -2.16. The maximum atomic E-state index is 11.4. The van der Waals surface area contributed by atoms with Crippen LogP contribution in [0.4, 0.5) is 11.6 Å². The van der Waals surface area contributed by atoms with E-state index in [-0.39, 0.29) is 10.6 Å². The number of hydrogen-bond acceptors (Lipinski definition) is 7. The van der Waals surface area contributed by atoms with Crippen molar-refractivity contribution in [2.24, 2.45) is 5.14 Å². The minimum Gasteiger partial charge on any atom is -0.508 e. The summed E-state index contributed by atoms with van der Waals surface area (Å²) in [5, 5.41) is 18.1. The third-order valence-corrected chi connectivity index (χ3v) is 7.29. The van der Waals surface area contributed by atoms with Gasteiger partial charge in [0.1, 0.15) is 5.75 Å². The number of aromatic hydroxyl groups is 1. The molecule has 5 rings (SSSR count). The van der Waals surface area contributed by atoms with E-state index in [9.17, 15) is 13.5 Å². The van der Waals surface area contributed by atoms with Crippen molar-refractivity contribution in [2.75, 3.05) is 5.32 Å². The molecule has 2 aromatic heterocycles. The number of sulfonamides is 1. The molecule has 0 bridgehead atoms. The topological polar surface area (TPSA) is 118 Å². The van der Waals surface area contributed by atoms with Crippen LogP contribution >= 0.6 is 11.3 Å². The van der Waals surface area contributed by atoms with Gasteiger partial charge in [-0.1, -0.05) is 12.1 Å². The number of rotatable bonds is 4. The van der Waals surface area contributed by atoms with Crippen LogP contribution in [-0.4, -0.2) is 23.5 Å². The van der Waals surface area contributed by atoms with Gasteiger partial charge in [0.2, 0.25) is 16.0 Å². The predicted octanol–water partition coefficient (Wildman–Crippen LogP) is 4.07. The number of thiophene rings is 1. The van der Waals surface area contributed by atoms with E-state index in [2.05, 4.69) is 16.4 Å². The van der Waals surface area contributed by atoms with Crippen LogP contribution in [0.25, 0.3) is 21.7 Å². The molecule has 0 unspecified atom stereocenters. The zero-order valence-corrected chi connectivity index (χ0v) is 17.9. The fourth-order valence-corrected chi connectivity index (χ4v) is 5.28. The lowest BCUT2D eigenvalue weighted by Crippen LogP contribution is -2.12. The van der Waals surface area contributed by atoms with Crippen molar-refractivity contribution >= 4 is 33.0 Å². The number of hydrogen-bond donors (Lipinski definition) is 3. The maximum absolute atomic E-state index is 11.4. The van der Waals surface area contributed by atoms with E-state index in [1.54, 1.807) is 35.6 Å². The number of benzene rings is 2. The minimum atomic E-state index is -3.73. The van der Waals surface area contributed by atoms with Crippen molar-refractivity contribution in [2.45, 2.75) is 17.7 Å². The highest BCUT2D eigenvalue weighted by Crippen LogP contribution is 2.42. The number of nitrogens with zero attached hydrogens (tertiary/aromatic N) is 2. The van der Waals surface area contributed by atoms with E-state index in [1.807, 2.05) is 18.3 Å². The van der Waals surface area contributed by atoms with Gasteiger partial charge in [-0.2, -0.15) is 0 Å². The van der Waals surface area contributed by atoms with Crippen LogP contribution in [0.3, 0.4) is 0 Å². The SMILES string of the molecule is NS(=O)(=O)c1ccc(Nc2ncc3c(n2)-c2cc(-c4cccc(O)c4)sc2CC3)cc1. The van der Waals surface area contributed by atoms with Crippen molar-refractivity contribution < 1.29 is 13.5 Å². The monoisotopic (exact) mass is 450 g/mol. The van der Waals surface area contributed by atoms with Gasteiger partial charge in [0.05, 0.1) is 10.6 Å². The van der Waals surface area contributed by atoms with Crippen molar-refractivity contribution in [3.05, 3.63) is 71.2 Å². The summed E-state index contributed by atoms with van der Waals surface area (Å²) in [5.41, 5.74) is 4.70. The maximum Gasteiger partial charge on any atom is 0.238 e. The quantitative estimate of drug-likeness (QED) is 0.431. The summed E-state index contributed by atoms with van der Waals surface area (Å²) < 4.78 is 22.8. The molecule has 7 nitrogen and oxygen atoms in total. The summed E-state index contributed by atoms with van der Waals surface area (Å²) in [5.74, 6) is 0.673. The van der Waals surface area contributed by atoms with Gasteiger partial charge in [-0.15, -0.1) is 11.3 Å². The molecule has 0 spiro atoms. The van der Waals surface area contributed by atoms with Gasteiger partial charge in [0, 0.05) is 27.2 Å². The molecule has 2 aromatic carbocycles. The molecule has 2 heterocycles. The van der Waals surface area contributed by atoms with Crippen LogP contribution in [0, 0.1) is 0 Å². The fourth-order valence-electron chi connectivity index (χ4n) is 3.60. The van der Waals surface area contributed by atoms with E-state index in [0.29, 0.717) is 11.6 Å². The minimum absolute atomic E-state index is 0.0480. The first-order valence-electron chi connectivity index (χ1n) is 9.55. The third kappa shape index (κ3) is 3.90. The number of anilines is 2. The molecule has 0 atom stereocenters. The highest BCUT2D eigenvalue weighted by atomic mass is 32.2. The first kappa shape index (κ1) is 19.7. The molecule has 0 saturated carbocycles. The van der Waals surface area contributed by atoms with Crippen molar-refractivity contribution in [1.82, 2.24) is 9.97 Å². The van der Waals surface area contributed by atoms with Gasteiger partial charge in [-0.25, -0.2) is 23.5 Å². The summed E-state index contributed by atoms with van der Waals surface area (Å²) in [6, 6.07) is 15.5. The Balaban J connectivity index is 1.47. The molecule has 1 aliphatic carbocycles. The average Bonchev–Trinajstić information content (AvgIpc) is 3.19. The summed E-state index contributed by atoms with van der Waals surface area (Å²) in [7, 11) is -3.73. The largest absolute Gasteiger partial charge is 0.508 e. The lowest BCUT2D eigenvalue weighted by atomic mass is 9.96. The number of nitrogens with two attached hydrogens (primary N) is 1. The number of phenolic OH excluding ortho intramolecular Hbond substituents is 1. The van der Waals surface area contributed by atoms with E-state index in [4.69, 9.17) is 10.1 Å². The van der Waals surface area contributed by atoms with Crippen LogP contribution in [0.5, 0.6) is 5.75 Å². The highest BCUT2D eigenvalue weighted by Gasteiger charge is 2.22. The summed E-state index contributed by atoms with van der Waals surface area (Å²) in [4.78, 5) is 11.5. The Bertz CT molecular complexity index is 1400. The Labute approximate surface area is 183 Å². The number of nitrogens with one attached hydrogen (secondary N) is 1. The van der Waals surface area contributed by atoms with E-state index in [0.717, 1.165) is 40.1 Å². The van der Waals surface area contributed by atoms with Crippen molar-refractivity contribution in [3.63, 3.8) is 0 Å². The predicted molar refractivity (Wildman–Crippen MR) is 121 cm³/mol. The van der Waals surface area contributed by atoms with Gasteiger partial charge in [-0.05, 0) is 66.4 Å². The molecule has 0 amide bonds. The second kappa shape index (κ2) is 7.45. The number of fused-ring (bicyclic) bond motifs is 3. The Kier molecular flexibility index (Phi) is 4.73. The molecule has 0 aliphatic heterocycles. The number of primary sulfonamides is 1. The van der Waals surface area contributed by atoms with Gasteiger partial charge >= 0.3 is 0 Å². The summed E-state index contributed by atoms with van der Waals surface area (Å²) in [6.45, 7) is 0. The average molecular weight is 451 g/mol. The van der Waals surface area contributed by atoms with Gasteiger partial charge in [0.15, 0.2) is 0 Å². The Morgan fingerprint density at radius 3 is 2.61 bits per heavy atom. The van der Waals surface area contributed by atoms with Crippen LogP contribution in [0.2, 0.25) is 0 Å². The van der Waals surface area contributed by atoms with E-state index < -0.39 is 10.0 Å². The summed E-state index contributed by atoms with van der Waals surface area (Å²) >= 11 is 1.71. The van der Waals surface area contributed by atoms with Crippen LogP contribution in [-0.2, 0) is 22.9 Å². The number of aromatic nitrogens is 2. The molecule has 0 fully saturated rings. The smallest absolute Gasteiger partial charge is 0.238 e. The van der Waals surface area contributed by atoms with E-state index in [1.165, 1.54) is 17.0 Å². The molecule has 31 heavy (non-hydrogen) atoms. The van der Waals surface area contributed by atoms with Gasteiger partial charge in [-0.3, -0.25) is 0 Å². The Hall–Kier alpha value is -3.27. The number of aryl methyl sites for hydroxylation is 2. The zero-order chi connectivity index (χ0) is 21.6. The van der Waals surface area contributed by atoms with E-state index >= 15 is 0 Å². The van der Waals surface area contributed by atoms with Crippen molar-refractivity contribution in [1.29, 1.82) is 0 Å². The molecule has 4 N–H and O–H groups in total. The van der Waals surface area contributed by atoms with Gasteiger partial charge < -0.3 is 10.4 Å². The second-order valence-corrected chi connectivity index (χ2v) is 9.96. The standard InChI is InChI=1S/C22H18N4O3S2/c23-31(28,29)17-7-5-15(6-8-17)25-22-24-12-14-4-9-19-18(21(14)26-22)11-20(30-19)13-2-1-3-16(27)10-13/h1-3,5-8,10-12,27H,4,9H2,(H2,23,28,29)(H,24,25,26). The third-order valence-electron chi connectivity index (χ3n) is 5.12. The normalized spacial score (nSPS) is 12.8. The molecule has 156 valence electrons. The van der Waals surface area contributed by atoms with Gasteiger partial charge in [0.25, 0.3) is 0 Å². The van der Waals surface area contributed by atoms with Crippen LogP contribution in [0.15, 0.2) is 65.7 Å². The zero-order valence-electron chi connectivity index (χ0n) is 16.2. The first-order valence-corrected chi connectivity index (χ1v) is 11.9. The first-order chi connectivity index (χ1) is 14.9. The molecule has 4 aromatic rings. The Morgan fingerprint density at radius 2 is 1.87 bits per heavy atom. The highest BCUT2D eigenvalue weighted by molar-refractivity contribution is 7.89. The molecule has 0 radical (unpaired) electrons. The lowest BCUT2D eigenvalue weighted by molar-refractivity contribution is 0.475. The second-order valence-electron chi connectivity index (χ2n) is 7.26. The molecule has 0 saturated heterocycles. The fraction of sp³-hybridized carbons (Fsp3) is 0.0909. The summed E-state index contributed by atoms with van der Waals surface area (Å²) in [6.07, 6.45) is 3.63.